The smallest absolute Gasteiger partial charge is 0.151 e. The minimum atomic E-state index is -2.88. The van der Waals surface area contributed by atoms with Crippen LogP contribution in [-0.2, 0) is 16.4 Å². The Morgan fingerprint density at radius 3 is 2.94 bits per heavy atom. The molecule has 0 aliphatic carbocycles. The first-order chi connectivity index (χ1) is 8.05. The van der Waals surface area contributed by atoms with Crippen LogP contribution in [0.2, 0.25) is 0 Å². The highest BCUT2D eigenvalue weighted by molar-refractivity contribution is 7.91. The van der Waals surface area contributed by atoms with Crippen LogP contribution in [0.5, 0.6) is 0 Å². The van der Waals surface area contributed by atoms with E-state index < -0.39 is 9.84 Å². The lowest BCUT2D eigenvalue weighted by Gasteiger charge is -2.23. The van der Waals surface area contributed by atoms with Crippen molar-refractivity contribution < 1.29 is 12.8 Å². The molecule has 0 amide bonds. The first-order valence-corrected chi connectivity index (χ1v) is 7.55. The predicted molar refractivity (Wildman–Crippen MR) is 64.9 cm³/mol. The molecule has 1 aliphatic heterocycles. The van der Waals surface area contributed by atoms with Gasteiger partial charge in [-0.1, -0.05) is 12.1 Å². The molecule has 0 aromatic heterocycles. The third-order valence-corrected chi connectivity index (χ3v) is 4.77. The zero-order chi connectivity index (χ0) is 12.3. The Bertz CT molecular complexity index is 487. The summed E-state index contributed by atoms with van der Waals surface area (Å²) in [7, 11) is -2.88. The van der Waals surface area contributed by atoms with E-state index in [9.17, 15) is 12.8 Å². The Hall–Kier alpha value is -0.940. The summed E-state index contributed by atoms with van der Waals surface area (Å²) in [6.45, 7) is 0.512. The molecule has 1 atom stereocenters. The van der Waals surface area contributed by atoms with Crippen molar-refractivity contribution in [2.75, 3.05) is 11.5 Å². The van der Waals surface area contributed by atoms with Crippen LogP contribution in [0.25, 0.3) is 0 Å². The zero-order valence-corrected chi connectivity index (χ0v) is 10.3. The number of nitrogens with one attached hydrogen (secondary N) is 1. The molecule has 17 heavy (non-hydrogen) atoms. The third kappa shape index (κ3) is 3.78. The van der Waals surface area contributed by atoms with Crippen LogP contribution in [0.1, 0.15) is 18.4 Å². The maximum Gasteiger partial charge on any atom is 0.151 e. The molecule has 0 radical (unpaired) electrons. The molecule has 1 aromatic rings. The Kier molecular flexibility index (Phi) is 3.79. The quantitative estimate of drug-likeness (QED) is 0.892. The molecule has 1 fully saturated rings. The Labute approximate surface area is 101 Å². The zero-order valence-electron chi connectivity index (χ0n) is 9.52. The molecule has 1 heterocycles. The maximum absolute atomic E-state index is 12.9. The summed E-state index contributed by atoms with van der Waals surface area (Å²) in [5, 5.41) is 3.17. The van der Waals surface area contributed by atoms with Gasteiger partial charge < -0.3 is 5.32 Å². The van der Waals surface area contributed by atoms with Crippen molar-refractivity contribution in [2.24, 2.45) is 0 Å². The minimum Gasteiger partial charge on any atom is -0.309 e. The van der Waals surface area contributed by atoms with E-state index in [1.807, 2.05) is 6.07 Å². The van der Waals surface area contributed by atoms with Crippen LogP contribution >= 0.6 is 0 Å². The molecule has 1 saturated heterocycles. The molecule has 0 saturated carbocycles. The molecular formula is C12H16FNO2S. The Morgan fingerprint density at radius 2 is 2.24 bits per heavy atom. The van der Waals surface area contributed by atoms with Gasteiger partial charge in [-0.25, -0.2) is 12.8 Å². The number of benzene rings is 1. The molecule has 0 bridgehead atoms. The lowest BCUT2D eigenvalue weighted by molar-refractivity contribution is 0.479. The van der Waals surface area contributed by atoms with Gasteiger partial charge in [0.05, 0.1) is 11.5 Å². The summed E-state index contributed by atoms with van der Waals surface area (Å²) < 4.78 is 35.8. The van der Waals surface area contributed by atoms with E-state index in [0.29, 0.717) is 18.7 Å². The second-order valence-corrected chi connectivity index (χ2v) is 6.69. The fourth-order valence-corrected chi connectivity index (χ4v) is 3.76. The number of hydrogen-bond donors (Lipinski definition) is 1. The van der Waals surface area contributed by atoms with Crippen LogP contribution in [0.4, 0.5) is 4.39 Å². The molecule has 5 heteroatoms. The highest BCUT2D eigenvalue weighted by atomic mass is 32.2. The van der Waals surface area contributed by atoms with Crippen molar-refractivity contribution >= 4 is 9.84 Å². The number of halogens is 1. The van der Waals surface area contributed by atoms with Crippen molar-refractivity contribution in [3.8, 4) is 0 Å². The molecule has 1 aromatic carbocycles. The molecule has 0 spiro atoms. The first kappa shape index (κ1) is 12.5. The van der Waals surface area contributed by atoms with Gasteiger partial charge >= 0.3 is 0 Å². The number of hydrogen-bond acceptors (Lipinski definition) is 3. The van der Waals surface area contributed by atoms with E-state index in [4.69, 9.17) is 0 Å². The SMILES string of the molecule is O=S1(=O)CCCC(NCc2cccc(F)c2)C1. The maximum atomic E-state index is 12.9. The van der Waals surface area contributed by atoms with Gasteiger partial charge in [-0.05, 0) is 30.5 Å². The molecular weight excluding hydrogens is 241 g/mol. The van der Waals surface area contributed by atoms with Gasteiger partial charge in [0, 0.05) is 12.6 Å². The average Bonchev–Trinajstić information content (AvgIpc) is 2.25. The van der Waals surface area contributed by atoms with Gasteiger partial charge in [0.25, 0.3) is 0 Å². The fraction of sp³-hybridized carbons (Fsp3) is 0.500. The van der Waals surface area contributed by atoms with Gasteiger partial charge in [-0.15, -0.1) is 0 Å². The first-order valence-electron chi connectivity index (χ1n) is 5.73. The van der Waals surface area contributed by atoms with E-state index in [0.717, 1.165) is 12.0 Å². The van der Waals surface area contributed by atoms with Crippen molar-refractivity contribution in [3.05, 3.63) is 35.6 Å². The van der Waals surface area contributed by atoms with E-state index in [1.54, 1.807) is 6.07 Å². The monoisotopic (exact) mass is 257 g/mol. The van der Waals surface area contributed by atoms with Crippen molar-refractivity contribution in [2.45, 2.75) is 25.4 Å². The summed E-state index contributed by atoms with van der Waals surface area (Å²) >= 11 is 0. The molecule has 1 aliphatic rings. The molecule has 94 valence electrons. The van der Waals surface area contributed by atoms with Crippen molar-refractivity contribution in [1.82, 2.24) is 5.32 Å². The second kappa shape index (κ2) is 5.14. The summed E-state index contributed by atoms with van der Waals surface area (Å²) in [5.41, 5.74) is 0.841. The van der Waals surface area contributed by atoms with Crippen LogP contribution in [0.3, 0.4) is 0 Å². The highest BCUT2D eigenvalue weighted by Crippen LogP contribution is 2.13. The summed E-state index contributed by atoms with van der Waals surface area (Å²) in [6, 6.07) is 6.34. The molecule has 1 N–H and O–H groups in total. The number of sulfone groups is 1. The predicted octanol–water partition coefficient (Wildman–Crippen LogP) is 1.49. The van der Waals surface area contributed by atoms with Crippen LogP contribution < -0.4 is 5.32 Å². The fourth-order valence-electron chi connectivity index (χ4n) is 2.09. The molecule has 3 nitrogen and oxygen atoms in total. The minimum absolute atomic E-state index is 0.00276. The van der Waals surface area contributed by atoms with Crippen molar-refractivity contribution in [1.29, 1.82) is 0 Å². The average molecular weight is 257 g/mol. The summed E-state index contributed by atoms with van der Waals surface area (Å²) in [6.07, 6.45) is 1.58. The molecule has 1 unspecified atom stereocenters. The number of rotatable bonds is 3. The van der Waals surface area contributed by atoms with Gasteiger partial charge in [0.15, 0.2) is 9.84 Å². The summed E-state index contributed by atoms with van der Waals surface area (Å²) in [5.74, 6) is 0.230. The topological polar surface area (TPSA) is 46.2 Å². The lowest BCUT2D eigenvalue weighted by Crippen LogP contribution is -2.39. The van der Waals surface area contributed by atoms with Crippen LogP contribution in [0.15, 0.2) is 24.3 Å². The van der Waals surface area contributed by atoms with Gasteiger partial charge in [0.1, 0.15) is 5.82 Å². The largest absolute Gasteiger partial charge is 0.309 e. The van der Waals surface area contributed by atoms with Crippen LogP contribution in [0, 0.1) is 5.82 Å². The summed E-state index contributed by atoms with van der Waals surface area (Å²) in [4.78, 5) is 0. The standard InChI is InChI=1S/C12H16FNO2S/c13-11-4-1-3-10(7-11)8-14-12-5-2-6-17(15,16)9-12/h1,3-4,7,12,14H,2,5-6,8-9H2. The Morgan fingerprint density at radius 1 is 1.41 bits per heavy atom. The normalized spacial score (nSPS) is 23.5. The van der Waals surface area contributed by atoms with E-state index in [-0.39, 0.29) is 17.6 Å². The van der Waals surface area contributed by atoms with Gasteiger partial charge in [0.2, 0.25) is 0 Å². The second-order valence-electron chi connectivity index (χ2n) is 4.46. The van der Waals surface area contributed by atoms with Gasteiger partial charge in [-0.3, -0.25) is 0 Å². The Balaban J connectivity index is 1.90. The van der Waals surface area contributed by atoms with E-state index >= 15 is 0 Å². The van der Waals surface area contributed by atoms with Crippen molar-refractivity contribution in [3.63, 3.8) is 0 Å². The van der Waals surface area contributed by atoms with Crippen LogP contribution in [-0.4, -0.2) is 26.0 Å². The highest BCUT2D eigenvalue weighted by Gasteiger charge is 2.23. The third-order valence-electron chi connectivity index (χ3n) is 2.95. The van der Waals surface area contributed by atoms with E-state index in [2.05, 4.69) is 5.32 Å². The lowest BCUT2D eigenvalue weighted by atomic mass is 10.1. The molecule has 2 rings (SSSR count). The van der Waals surface area contributed by atoms with E-state index in [1.165, 1.54) is 12.1 Å². The van der Waals surface area contributed by atoms with Gasteiger partial charge in [-0.2, -0.15) is 0 Å².